The van der Waals surface area contributed by atoms with E-state index in [1.165, 1.54) is 11.3 Å². The molecule has 0 fully saturated rings. The second-order valence-electron chi connectivity index (χ2n) is 6.26. The fourth-order valence-electron chi connectivity index (χ4n) is 2.81. The fraction of sp³-hybridized carbons (Fsp3) is 0.0952. The zero-order valence-electron chi connectivity index (χ0n) is 15.8. The predicted molar refractivity (Wildman–Crippen MR) is 121 cm³/mol. The van der Waals surface area contributed by atoms with E-state index in [1.54, 1.807) is 30.0 Å². The van der Waals surface area contributed by atoms with Gasteiger partial charge in [-0.2, -0.15) is 9.78 Å². The molecule has 2 heterocycles. The molecule has 2 aromatic carbocycles. The molecule has 0 atom stereocenters. The third-order valence-electron chi connectivity index (χ3n) is 4.30. The van der Waals surface area contributed by atoms with Gasteiger partial charge in [-0.1, -0.05) is 23.7 Å². The molecular weight excluding hydrogens is 443 g/mol. The second-order valence-corrected chi connectivity index (χ2v) is 7.80. The van der Waals surface area contributed by atoms with Crippen molar-refractivity contribution < 1.29 is 9.53 Å². The van der Waals surface area contributed by atoms with Gasteiger partial charge in [0.2, 0.25) is 11.0 Å². The Bertz CT molecular complexity index is 1170. The highest BCUT2D eigenvalue weighted by Crippen LogP contribution is 2.30. The first-order valence-corrected chi connectivity index (χ1v) is 10.7. The number of carbonyl (C=O) groups is 1. The number of nitrogens with zero attached hydrogens (tertiary/aromatic N) is 3. The monoisotopic (exact) mass is 458 g/mol. The summed E-state index contributed by atoms with van der Waals surface area (Å²) in [6.45, 7) is 0. The Kier molecular flexibility index (Phi) is 6.03. The van der Waals surface area contributed by atoms with Crippen molar-refractivity contribution in [3.8, 4) is 33.4 Å². The molecule has 0 saturated carbocycles. The highest BCUT2D eigenvalue weighted by atomic mass is 35.5. The van der Waals surface area contributed by atoms with Gasteiger partial charge in [0.05, 0.1) is 18.5 Å². The van der Waals surface area contributed by atoms with Crippen LogP contribution in [0.4, 0.5) is 5.82 Å². The Labute approximate surface area is 187 Å². The minimum Gasteiger partial charge on any atom is -0.497 e. The molecule has 0 saturated heterocycles. The fourth-order valence-corrected chi connectivity index (χ4v) is 3.80. The van der Waals surface area contributed by atoms with Crippen LogP contribution in [0.5, 0.6) is 5.75 Å². The van der Waals surface area contributed by atoms with Gasteiger partial charge in [-0.05, 0) is 36.4 Å². The molecule has 6 nitrogen and oxygen atoms in total. The molecule has 0 radical (unpaired) electrons. The Hall–Kier alpha value is -2.87. The standard InChI is InChI=1S/C21H16Cl2N4O2S/c1-29-16-8-4-14(5-9-16)18-12-30-21(24-18)27-19(25-20(28)11-22)10-17(26-27)13-2-6-15(23)7-3-13/h2-10,12H,11H2,1H3,(H,25,28). The lowest BCUT2D eigenvalue weighted by Gasteiger charge is -2.04. The number of methoxy groups -OCH3 is 1. The number of hydrogen-bond donors (Lipinski definition) is 1. The first kappa shape index (κ1) is 20.4. The van der Waals surface area contributed by atoms with E-state index in [4.69, 9.17) is 32.9 Å². The van der Waals surface area contributed by atoms with Gasteiger partial charge in [0.1, 0.15) is 17.4 Å². The minimum absolute atomic E-state index is 0.156. The maximum atomic E-state index is 11.9. The van der Waals surface area contributed by atoms with E-state index in [-0.39, 0.29) is 11.8 Å². The summed E-state index contributed by atoms with van der Waals surface area (Å²) in [6.07, 6.45) is 0. The number of aromatic nitrogens is 3. The van der Waals surface area contributed by atoms with Gasteiger partial charge in [-0.15, -0.1) is 22.9 Å². The van der Waals surface area contributed by atoms with Crippen molar-refractivity contribution in [2.24, 2.45) is 0 Å². The number of carbonyl (C=O) groups excluding carboxylic acids is 1. The molecule has 0 aliphatic heterocycles. The van der Waals surface area contributed by atoms with Crippen molar-refractivity contribution in [3.05, 3.63) is 65.0 Å². The molecule has 4 rings (SSSR count). The van der Waals surface area contributed by atoms with Gasteiger partial charge >= 0.3 is 0 Å². The molecule has 2 aromatic heterocycles. The lowest BCUT2D eigenvalue weighted by Crippen LogP contribution is -2.15. The van der Waals surface area contributed by atoms with Crippen LogP contribution in [-0.2, 0) is 4.79 Å². The topological polar surface area (TPSA) is 69.0 Å². The zero-order valence-corrected chi connectivity index (χ0v) is 18.1. The van der Waals surface area contributed by atoms with E-state index < -0.39 is 0 Å². The largest absolute Gasteiger partial charge is 0.497 e. The molecule has 0 bridgehead atoms. The number of alkyl halides is 1. The smallest absolute Gasteiger partial charge is 0.240 e. The Morgan fingerprint density at radius 2 is 1.77 bits per heavy atom. The van der Waals surface area contributed by atoms with Crippen molar-refractivity contribution in [2.45, 2.75) is 0 Å². The van der Waals surface area contributed by atoms with Crippen molar-refractivity contribution in [3.63, 3.8) is 0 Å². The molecule has 9 heteroatoms. The molecule has 0 spiro atoms. The average Bonchev–Trinajstić information content (AvgIpc) is 3.41. The Morgan fingerprint density at radius 1 is 1.10 bits per heavy atom. The number of anilines is 1. The van der Waals surface area contributed by atoms with Crippen LogP contribution in [0.25, 0.3) is 27.6 Å². The molecule has 1 amide bonds. The summed E-state index contributed by atoms with van der Waals surface area (Å²) < 4.78 is 6.81. The van der Waals surface area contributed by atoms with Crippen molar-refractivity contribution in [2.75, 3.05) is 18.3 Å². The molecule has 4 aromatic rings. The lowest BCUT2D eigenvalue weighted by molar-refractivity contribution is -0.114. The molecule has 0 unspecified atom stereocenters. The van der Waals surface area contributed by atoms with E-state index in [1.807, 2.05) is 41.8 Å². The van der Waals surface area contributed by atoms with Gasteiger partial charge in [0.25, 0.3) is 0 Å². The van der Waals surface area contributed by atoms with Crippen LogP contribution in [0.3, 0.4) is 0 Å². The van der Waals surface area contributed by atoms with Gasteiger partial charge in [-0.25, -0.2) is 4.98 Å². The maximum Gasteiger partial charge on any atom is 0.240 e. The molecule has 1 N–H and O–H groups in total. The molecule has 0 aliphatic carbocycles. The molecule has 152 valence electrons. The van der Waals surface area contributed by atoms with E-state index in [9.17, 15) is 4.79 Å². The number of nitrogens with one attached hydrogen (secondary N) is 1. The summed E-state index contributed by atoms with van der Waals surface area (Å²) in [6, 6.07) is 16.7. The molecule has 0 aliphatic rings. The van der Waals surface area contributed by atoms with E-state index in [0.29, 0.717) is 21.7 Å². The van der Waals surface area contributed by atoms with Gasteiger partial charge in [0.15, 0.2) is 0 Å². The van der Waals surface area contributed by atoms with Crippen LogP contribution < -0.4 is 10.1 Å². The van der Waals surface area contributed by atoms with E-state index in [2.05, 4.69) is 10.4 Å². The average molecular weight is 459 g/mol. The first-order valence-electron chi connectivity index (χ1n) is 8.89. The summed E-state index contributed by atoms with van der Waals surface area (Å²) in [5, 5.41) is 10.6. The van der Waals surface area contributed by atoms with E-state index in [0.717, 1.165) is 22.6 Å². The lowest BCUT2D eigenvalue weighted by atomic mass is 10.1. The number of thiazole rings is 1. The summed E-state index contributed by atoms with van der Waals surface area (Å²) in [5.74, 6) is 0.782. The quantitative estimate of drug-likeness (QED) is 0.387. The van der Waals surface area contributed by atoms with Crippen molar-refractivity contribution in [1.82, 2.24) is 14.8 Å². The SMILES string of the molecule is COc1ccc(-c2csc(-n3nc(-c4ccc(Cl)cc4)cc3NC(=O)CCl)n2)cc1. The normalized spacial score (nSPS) is 10.8. The summed E-state index contributed by atoms with van der Waals surface area (Å²) >= 11 is 13.1. The summed E-state index contributed by atoms with van der Waals surface area (Å²) in [4.78, 5) is 16.6. The van der Waals surface area contributed by atoms with Crippen LogP contribution in [0.2, 0.25) is 5.02 Å². The van der Waals surface area contributed by atoms with Crippen LogP contribution in [0.1, 0.15) is 0 Å². The third kappa shape index (κ3) is 4.33. The highest BCUT2D eigenvalue weighted by molar-refractivity contribution is 7.12. The van der Waals surface area contributed by atoms with E-state index >= 15 is 0 Å². The summed E-state index contributed by atoms with van der Waals surface area (Å²) in [5.41, 5.74) is 3.30. The molecular formula is C21H16Cl2N4O2S. The minimum atomic E-state index is -0.326. The number of amides is 1. The zero-order chi connectivity index (χ0) is 21.1. The van der Waals surface area contributed by atoms with Crippen LogP contribution in [0, 0.1) is 0 Å². The first-order chi connectivity index (χ1) is 14.6. The highest BCUT2D eigenvalue weighted by Gasteiger charge is 2.16. The number of hydrogen-bond acceptors (Lipinski definition) is 5. The van der Waals surface area contributed by atoms with Gasteiger partial charge < -0.3 is 10.1 Å². The Balaban J connectivity index is 1.72. The van der Waals surface area contributed by atoms with Crippen LogP contribution >= 0.6 is 34.5 Å². The van der Waals surface area contributed by atoms with Crippen molar-refractivity contribution in [1.29, 1.82) is 0 Å². The van der Waals surface area contributed by atoms with Crippen LogP contribution in [-0.4, -0.2) is 33.7 Å². The molecule has 30 heavy (non-hydrogen) atoms. The summed E-state index contributed by atoms with van der Waals surface area (Å²) in [7, 11) is 1.63. The number of halogens is 2. The van der Waals surface area contributed by atoms with Crippen LogP contribution in [0.15, 0.2) is 60.0 Å². The predicted octanol–water partition coefficient (Wildman–Crippen LogP) is 5.50. The number of rotatable bonds is 6. The third-order valence-corrected chi connectivity index (χ3v) is 5.61. The maximum absolute atomic E-state index is 11.9. The number of ether oxygens (including phenoxy) is 1. The van der Waals surface area contributed by atoms with Crippen molar-refractivity contribution >= 4 is 46.3 Å². The Morgan fingerprint density at radius 3 is 2.43 bits per heavy atom. The van der Waals surface area contributed by atoms with Gasteiger partial charge in [-0.3, -0.25) is 4.79 Å². The van der Waals surface area contributed by atoms with Gasteiger partial charge in [0, 0.05) is 27.6 Å². The second kappa shape index (κ2) is 8.87. The number of benzene rings is 2.